The van der Waals surface area contributed by atoms with E-state index in [1.165, 1.54) is 0 Å². The van der Waals surface area contributed by atoms with Gasteiger partial charge >= 0.3 is 0 Å². The molecule has 0 unspecified atom stereocenters. The highest BCUT2D eigenvalue weighted by Crippen LogP contribution is 2.25. The first-order chi connectivity index (χ1) is 6.18. The summed E-state index contributed by atoms with van der Waals surface area (Å²) in [6, 6.07) is 5.57. The van der Waals surface area contributed by atoms with Crippen LogP contribution in [-0.2, 0) is 0 Å². The fourth-order valence-electron chi connectivity index (χ4n) is 1.19. The number of nitrogens with one attached hydrogen (secondary N) is 1. The number of fused-ring (bicyclic) bond motifs is 1. The summed E-state index contributed by atoms with van der Waals surface area (Å²) >= 11 is 5.65. The maximum Gasteiger partial charge on any atom is 0.248 e. The standard InChI is InChI=1S/C9H5BrINO/c10-7-1-2-8(11)5-3-9(13)12-4-6(5)7/h1-4H,(H,12,13). The number of hydrogen-bond acceptors (Lipinski definition) is 1. The third-order valence-electron chi connectivity index (χ3n) is 1.81. The number of hydrogen-bond donors (Lipinski definition) is 1. The van der Waals surface area contributed by atoms with Gasteiger partial charge in [-0.25, -0.2) is 0 Å². The molecule has 0 saturated carbocycles. The summed E-state index contributed by atoms with van der Waals surface area (Å²) in [4.78, 5) is 13.7. The molecule has 1 aromatic carbocycles. The van der Waals surface area contributed by atoms with Gasteiger partial charge in [0.25, 0.3) is 0 Å². The van der Waals surface area contributed by atoms with E-state index in [2.05, 4.69) is 43.5 Å². The number of rotatable bonds is 0. The van der Waals surface area contributed by atoms with E-state index in [-0.39, 0.29) is 5.56 Å². The normalized spacial score (nSPS) is 10.6. The third-order valence-corrected chi connectivity index (χ3v) is 3.45. The Hall–Kier alpha value is -0.360. The Morgan fingerprint density at radius 1 is 1.31 bits per heavy atom. The van der Waals surface area contributed by atoms with E-state index < -0.39 is 0 Å². The van der Waals surface area contributed by atoms with Crippen molar-refractivity contribution < 1.29 is 0 Å². The summed E-state index contributed by atoms with van der Waals surface area (Å²) in [6.07, 6.45) is 1.73. The van der Waals surface area contributed by atoms with Gasteiger partial charge in [0.1, 0.15) is 0 Å². The number of benzene rings is 1. The first kappa shape index (κ1) is 9.21. The molecule has 1 N–H and O–H groups in total. The molecule has 0 bridgehead atoms. The molecule has 4 heteroatoms. The smallest absolute Gasteiger partial charge is 0.248 e. The molecule has 0 aliphatic rings. The van der Waals surface area contributed by atoms with Crippen molar-refractivity contribution in [2.24, 2.45) is 0 Å². The van der Waals surface area contributed by atoms with Crippen molar-refractivity contribution >= 4 is 49.3 Å². The third kappa shape index (κ3) is 1.65. The molecule has 2 rings (SSSR count). The molecule has 1 heterocycles. The van der Waals surface area contributed by atoms with Crippen LogP contribution in [0.2, 0.25) is 0 Å². The van der Waals surface area contributed by atoms with Crippen molar-refractivity contribution in [3.05, 3.63) is 42.8 Å². The molecule has 0 fully saturated rings. The molecule has 1 aromatic heterocycles. The number of pyridine rings is 1. The van der Waals surface area contributed by atoms with Gasteiger partial charge in [0.2, 0.25) is 5.56 Å². The Bertz CT molecular complexity index is 520. The number of H-pyrrole nitrogens is 1. The van der Waals surface area contributed by atoms with Crippen LogP contribution in [0.15, 0.2) is 33.7 Å². The van der Waals surface area contributed by atoms with E-state index in [1.54, 1.807) is 12.3 Å². The van der Waals surface area contributed by atoms with Crippen LogP contribution in [0.25, 0.3) is 10.8 Å². The largest absolute Gasteiger partial charge is 0.328 e. The van der Waals surface area contributed by atoms with E-state index in [0.717, 1.165) is 18.8 Å². The second-order valence-electron chi connectivity index (χ2n) is 2.65. The summed E-state index contributed by atoms with van der Waals surface area (Å²) in [5, 5.41) is 2.02. The zero-order valence-corrected chi connectivity index (χ0v) is 10.2. The Morgan fingerprint density at radius 3 is 2.85 bits per heavy atom. The van der Waals surface area contributed by atoms with Gasteiger partial charge in [-0.1, -0.05) is 15.9 Å². The summed E-state index contributed by atoms with van der Waals surface area (Å²) in [5.74, 6) is 0. The Kier molecular flexibility index (Phi) is 2.42. The van der Waals surface area contributed by atoms with Gasteiger partial charge in [-0.2, -0.15) is 0 Å². The second kappa shape index (κ2) is 3.42. The monoisotopic (exact) mass is 349 g/mol. The molecule has 66 valence electrons. The Labute approximate surface area is 96.6 Å². The zero-order valence-electron chi connectivity index (χ0n) is 6.47. The fourth-order valence-corrected chi connectivity index (χ4v) is 2.28. The van der Waals surface area contributed by atoms with E-state index in [1.807, 2.05) is 12.1 Å². The predicted molar refractivity (Wildman–Crippen MR) is 65.0 cm³/mol. The molecular weight excluding hydrogens is 345 g/mol. The van der Waals surface area contributed by atoms with Crippen LogP contribution in [0.5, 0.6) is 0 Å². The van der Waals surface area contributed by atoms with Gasteiger partial charge in [0.15, 0.2) is 0 Å². The highest BCUT2D eigenvalue weighted by molar-refractivity contribution is 14.1. The molecule has 0 spiro atoms. The van der Waals surface area contributed by atoms with Crippen LogP contribution >= 0.6 is 38.5 Å². The first-order valence-corrected chi connectivity index (χ1v) is 5.52. The zero-order chi connectivity index (χ0) is 9.42. The number of halogens is 2. The van der Waals surface area contributed by atoms with E-state index >= 15 is 0 Å². The molecule has 0 radical (unpaired) electrons. The molecule has 0 saturated heterocycles. The van der Waals surface area contributed by atoms with Crippen LogP contribution in [0.3, 0.4) is 0 Å². The molecule has 13 heavy (non-hydrogen) atoms. The molecule has 0 aliphatic heterocycles. The minimum atomic E-state index is -0.0662. The number of aromatic amines is 1. The van der Waals surface area contributed by atoms with Crippen LogP contribution in [0.1, 0.15) is 0 Å². The van der Waals surface area contributed by atoms with E-state index in [9.17, 15) is 4.79 Å². The highest BCUT2D eigenvalue weighted by Gasteiger charge is 2.02. The van der Waals surface area contributed by atoms with Gasteiger partial charge in [0, 0.05) is 31.1 Å². The fraction of sp³-hybridized carbons (Fsp3) is 0. The first-order valence-electron chi connectivity index (χ1n) is 3.65. The van der Waals surface area contributed by atoms with Gasteiger partial charge < -0.3 is 4.98 Å². The number of aromatic nitrogens is 1. The van der Waals surface area contributed by atoms with Gasteiger partial charge in [-0.3, -0.25) is 4.79 Å². The SMILES string of the molecule is O=c1cc2c(I)ccc(Br)c2c[nH]1. The summed E-state index contributed by atoms with van der Waals surface area (Å²) in [5.41, 5.74) is -0.0662. The summed E-state index contributed by atoms with van der Waals surface area (Å²) < 4.78 is 2.08. The maximum atomic E-state index is 11.1. The molecule has 0 atom stereocenters. The minimum absolute atomic E-state index is 0.0662. The molecule has 0 aliphatic carbocycles. The molecular formula is C9H5BrINO. The van der Waals surface area contributed by atoms with Crippen LogP contribution in [0, 0.1) is 3.57 Å². The van der Waals surface area contributed by atoms with Gasteiger partial charge in [0.05, 0.1) is 0 Å². The lowest BCUT2D eigenvalue weighted by Gasteiger charge is -2.01. The topological polar surface area (TPSA) is 32.9 Å². The lowest BCUT2D eigenvalue weighted by Crippen LogP contribution is -2.02. The van der Waals surface area contributed by atoms with Crippen molar-refractivity contribution in [3.63, 3.8) is 0 Å². The van der Waals surface area contributed by atoms with E-state index in [0.29, 0.717) is 0 Å². The van der Waals surface area contributed by atoms with Crippen molar-refractivity contribution in [1.29, 1.82) is 0 Å². The maximum absolute atomic E-state index is 11.1. The lowest BCUT2D eigenvalue weighted by molar-refractivity contribution is 1.26. The van der Waals surface area contributed by atoms with Crippen molar-refractivity contribution in [2.75, 3.05) is 0 Å². The minimum Gasteiger partial charge on any atom is -0.328 e. The quantitative estimate of drug-likeness (QED) is 0.729. The van der Waals surface area contributed by atoms with Crippen molar-refractivity contribution in [2.45, 2.75) is 0 Å². The molecule has 2 aromatic rings. The Morgan fingerprint density at radius 2 is 2.08 bits per heavy atom. The van der Waals surface area contributed by atoms with Crippen LogP contribution < -0.4 is 5.56 Å². The molecule has 0 amide bonds. The molecule has 2 nitrogen and oxygen atoms in total. The predicted octanol–water partition coefficient (Wildman–Crippen LogP) is 2.90. The van der Waals surface area contributed by atoms with Gasteiger partial charge in [-0.05, 0) is 34.7 Å². The average Bonchev–Trinajstić information content (AvgIpc) is 2.12. The van der Waals surface area contributed by atoms with Gasteiger partial charge in [-0.15, -0.1) is 0 Å². The second-order valence-corrected chi connectivity index (χ2v) is 4.67. The van der Waals surface area contributed by atoms with E-state index in [4.69, 9.17) is 0 Å². The summed E-state index contributed by atoms with van der Waals surface area (Å²) in [6.45, 7) is 0. The van der Waals surface area contributed by atoms with Crippen molar-refractivity contribution in [3.8, 4) is 0 Å². The van der Waals surface area contributed by atoms with Crippen LogP contribution in [-0.4, -0.2) is 4.98 Å². The average molecular weight is 350 g/mol. The summed E-state index contributed by atoms with van der Waals surface area (Å²) in [7, 11) is 0. The lowest BCUT2D eigenvalue weighted by atomic mass is 10.2. The van der Waals surface area contributed by atoms with Crippen molar-refractivity contribution in [1.82, 2.24) is 4.98 Å². The van der Waals surface area contributed by atoms with Crippen LogP contribution in [0.4, 0.5) is 0 Å². The Balaban J connectivity index is 3.00. The highest BCUT2D eigenvalue weighted by atomic mass is 127.